The zero-order valence-corrected chi connectivity index (χ0v) is 16.0. The first-order chi connectivity index (χ1) is 11.5. The topological polar surface area (TPSA) is 71.1 Å². The fraction of sp³-hybridized carbons (Fsp3) is 0.882. The summed E-state index contributed by atoms with van der Waals surface area (Å²) in [5.41, 5.74) is -0.623. The average Bonchev–Trinajstić information content (AvgIpc) is 3.34. The van der Waals surface area contributed by atoms with Gasteiger partial charge >= 0.3 is 0 Å². The molecule has 3 aliphatic heterocycles. The second kappa shape index (κ2) is 8.66. The van der Waals surface area contributed by atoms with Gasteiger partial charge in [-0.2, -0.15) is 0 Å². The van der Waals surface area contributed by atoms with Crippen molar-refractivity contribution in [2.24, 2.45) is 5.41 Å². The summed E-state index contributed by atoms with van der Waals surface area (Å²) < 4.78 is 10.8. The van der Waals surface area contributed by atoms with E-state index in [4.69, 9.17) is 9.47 Å². The highest BCUT2D eigenvalue weighted by molar-refractivity contribution is 5.89. The maximum atomic E-state index is 13.2. The molecule has 3 fully saturated rings. The van der Waals surface area contributed by atoms with Crippen LogP contribution in [0, 0.1) is 5.41 Å². The lowest BCUT2D eigenvalue weighted by molar-refractivity contribution is -0.148. The molecule has 0 bridgehead atoms. The lowest BCUT2D eigenvalue weighted by Crippen LogP contribution is -2.50. The molecule has 2 amide bonds. The molecule has 0 aliphatic carbocycles. The van der Waals surface area contributed by atoms with E-state index in [9.17, 15) is 9.59 Å². The van der Waals surface area contributed by atoms with E-state index in [0.717, 1.165) is 19.4 Å². The van der Waals surface area contributed by atoms with Crippen LogP contribution < -0.4 is 5.32 Å². The van der Waals surface area contributed by atoms with Gasteiger partial charge in [0.1, 0.15) is 0 Å². The molecule has 3 rings (SSSR count). The number of likely N-dealkylation sites (N-methyl/N-ethyl adjacent to an activating group) is 2. The van der Waals surface area contributed by atoms with Gasteiger partial charge in [-0.3, -0.25) is 9.59 Å². The fourth-order valence-electron chi connectivity index (χ4n) is 3.97. The van der Waals surface area contributed by atoms with Gasteiger partial charge in [-0.25, -0.2) is 0 Å². The number of carbonyl (C=O) groups is 2. The number of nitrogens with zero attached hydrogens (tertiary/aromatic N) is 2. The third-order valence-corrected chi connectivity index (χ3v) is 5.81. The van der Waals surface area contributed by atoms with Crippen LogP contribution in [0.5, 0.6) is 0 Å². The summed E-state index contributed by atoms with van der Waals surface area (Å²) in [5.74, 6) is 0.117. The minimum atomic E-state index is -0.623. The van der Waals surface area contributed by atoms with Gasteiger partial charge in [-0.15, -0.1) is 12.4 Å². The molecule has 3 atom stereocenters. The standard InChI is InChI=1S/C17H29N3O4.ClH/c1-19(13-3-7-23-10-13)15(21)9-17(5-6-18-12-17)16(22)20(2)14-4-8-24-11-14;/h13-14,18H,3-12H2,1-2H3;1H. The molecular formula is C17H30ClN3O4. The second-order valence-corrected chi connectivity index (χ2v) is 7.34. The Bertz CT molecular complexity index is 473. The Labute approximate surface area is 155 Å². The van der Waals surface area contributed by atoms with Gasteiger partial charge in [-0.05, 0) is 25.8 Å². The Hall–Kier alpha value is -0.890. The quantitative estimate of drug-likeness (QED) is 0.747. The Morgan fingerprint density at radius 1 is 1.08 bits per heavy atom. The van der Waals surface area contributed by atoms with Crippen LogP contribution in [0.3, 0.4) is 0 Å². The molecule has 0 spiro atoms. The van der Waals surface area contributed by atoms with E-state index in [-0.39, 0.29) is 42.7 Å². The first-order valence-corrected chi connectivity index (χ1v) is 8.93. The molecule has 1 N–H and O–H groups in total. The molecule has 25 heavy (non-hydrogen) atoms. The number of amides is 2. The lowest BCUT2D eigenvalue weighted by Gasteiger charge is -2.35. The smallest absolute Gasteiger partial charge is 0.230 e. The van der Waals surface area contributed by atoms with Crippen molar-refractivity contribution in [2.75, 3.05) is 53.6 Å². The molecule has 0 aromatic heterocycles. The molecule has 3 saturated heterocycles. The monoisotopic (exact) mass is 375 g/mol. The van der Waals surface area contributed by atoms with Crippen molar-refractivity contribution in [3.05, 3.63) is 0 Å². The van der Waals surface area contributed by atoms with Crippen molar-refractivity contribution in [1.29, 1.82) is 0 Å². The summed E-state index contributed by atoms with van der Waals surface area (Å²) in [7, 11) is 3.68. The maximum absolute atomic E-state index is 13.2. The highest BCUT2D eigenvalue weighted by Crippen LogP contribution is 2.34. The van der Waals surface area contributed by atoms with E-state index in [0.29, 0.717) is 39.4 Å². The van der Waals surface area contributed by atoms with Crippen LogP contribution in [0.4, 0.5) is 0 Å². The molecular weight excluding hydrogens is 346 g/mol. The summed E-state index contributed by atoms with van der Waals surface area (Å²) in [5, 5.41) is 3.28. The van der Waals surface area contributed by atoms with Crippen LogP contribution in [0.15, 0.2) is 0 Å². The van der Waals surface area contributed by atoms with Gasteiger partial charge in [0, 0.05) is 40.3 Å². The van der Waals surface area contributed by atoms with Crippen molar-refractivity contribution in [2.45, 2.75) is 37.8 Å². The van der Waals surface area contributed by atoms with Crippen molar-refractivity contribution in [3.8, 4) is 0 Å². The van der Waals surface area contributed by atoms with E-state index < -0.39 is 5.41 Å². The number of hydrogen-bond acceptors (Lipinski definition) is 5. The second-order valence-electron chi connectivity index (χ2n) is 7.34. The molecule has 0 saturated carbocycles. The van der Waals surface area contributed by atoms with Crippen LogP contribution in [0.1, 0.15) is 25.7 Å². The van der Waals surface area contributed by atoms with E-state index >= 15 is 0 Å². The largest absolute Gasteiger partial charge is 0.379 e. The molecule has 3 heterocycles. The summed E-state index contributed by atoms with van der Waals surface area (Å²) in [6.07, 6.45) is 2.73. The zero-order valence-electron chi connectivity index (χ0n) is 15.2. The van der Waals surface area contributed by atoms with Gasteiger partial charge in [0.05, 0.1) is 30.7 Å². The first-order valence-electron chi connectivity index (χ1n) is 8.93. The maximum Gasteiger partial charge on any atom is 0.230 e. The van der Waals surface area contributed by atoms with Gasteiger partial charge in [0.2, 0.25) is 11.8 Å². The summed E-state index contributed by atoms with van der Waals surface area (Å²) in [6.45, 7) is 3.96. The number of nitrogens with one attached hydrogen (secondary N) is 1. The molecule has 3 aliphatic rings. The fourth-order valence-corrected chi connectivity index (χ4v) is 3.97. The van der Waals surface area contributed by atoms with E-state index in [1.165, 1.54) is 0 Å². The average molecular weight is 376 g/mol. The molecule has 0 aromatic rings. The Morgan fingerprint density at radius 2 is 1.68 bits per heavy atom. The molecule has 144 valence electrons. The van der Waals surface area contributed by atoms with Gasteiger partial charge in [0.15, 0.2) is 0 Å². The van der Waals surface area contributed by atoms with Crippen molar-refractivity contribution in [1.82, 2.24) is 15.1 Å². The molecule has 8 heteroatoms. The van der Waals surface area contributed by atoms with Crippen LogP contribution >= 0.6 is 12.4 Å². The molecule has 3 unspecified atom stereocenters. The SMILES string of the molecule is CN(C(=O)CC1(C(=O)N(C)C2CCOC2)CCNC1)C1CCOC1.Cl. The third-order valence-electron chi connectivity index (χ3n) is 5.81. The van der Waals surface area contributed by atoms with Crippen LogP contribution in [0.25, 0.3) is 0 Å². The Balaban J connectivity index is 0.00000225. The summed E-state index contributed by atoms with van der Waals surface area (Å²) in [6, 6.07) is 0.269. The van der Waals surface area contributed by atoms with Crippen LogP contribution in [-0.4, -0.2) is 87.3 Å². The van der Waals surface area contributed by atoms with Crippen molar-refractivity contribution in [3.63, 3.8) is 0 Å². The minimum Gasteiger partial charge on any atom is -0.379 e. The number of rotatable bonds is 5. The lowest BCUT2D eigenvalue weighted by atomic mass is 9.81. The van der Waals surface area contributed by atoms with Crippen LogP contribution in [0.2, 0.25) is 0 Å². The predicted octanol–water partition coefficient (Wildman–Crippen LogP) is 0.273. The normalized spacial score (nSPS) is 31.6. The van der Waals surface area contributed by atoms with Gasteiger partial charge < -0.3 is 24.6 Å². The van der Waals surface area contributed by atoms with Crippen molar-refractivity contribution < 1.29 is 19.1 Å². The molecule has 7 nitrogen and oxygen atoms in total. The Kier molecular flexibility index (Phi) is 7.08. The van der Waals surface area contributed by atoms with E-state index in [2.05, 4.69) is 5.32 Å². The van der Waals surface area contributed by atoms with E-state index in [1.807, 2.05) is 19.0 Å². The van der Waals surface area contributed by atoms with Gasteiger partial charge in [-0.1, -0.05) is 0 Å². The molecule has 0 aromatic carbocycles. The van der Waals surface area contributed by atoms with E-state index in [1.54, 1.807) is 4.90 Å². The molecule has 0 radical (unpaired) electrons. The highest BCUT2D eigenvalue weighted by Gasteiger charge is 2.46. The van der Waals surface area contributed by atoms with Crippen molar-refractivity contribution >= 4 is 24.2 Å². The first kappa shape index (κ1) is 20.4. The zero-order chi connectivity index (χ0) is 17.2. The number of hydrogen-bond donors (Lipinski definition) is 1. The minimum absolute atomic E-state index is 0. The Morgan fingerprint density at radius 3 is 2.16 bits per heavy atom. The highest BCUT2D eigenvalue weighted by atomic mass is 35.5. The third kappa shape index (κ3) is 4.27. The van der Waals surface area contributed by atoms with Gasteiger partial charge in [0.25, 0.3) is 0 Å². The predicted molar refractivity (Wildman–Crippen MR) is 95.8 cm³/mol. The number of ether oxygens (including phenoxy) is 2. The number of carbonyl (C=O) groups excluding carboxylic acids is 2. The summed E-state index contributed by atoms with van der Waals surface area (Å²) in [4.78, 5) is 29.5. The van der Waals surface area contributed by atoms with Crippen LogP contribution in [-0.2, 0) is 19.1 Å². The summed E-state index contributed by atoms with van der Waals surface area (Å²) >= 11 is 0. The number of halogens is 1.